The monoisotopic (exact) mass is 399 g/mol. The molecule has 4 rings (SSSR count). The Morgan fingerprint density at radius 3 is 2.00 bits per heavy atom. The zero-order valence-corrected chi connectivity index (χ0v) is 17.9. The second kappa shape index (κ2) is 8.23. The second-order valence-electron chi connectivity index (χ2n) is 8.66. The number of nitrogens with one attached hydrogen (secondary N) is 1. The van der Waals surface area contributed by atoms with Crippen molar-refractivity contribution in [1.29, 1.82) is 5.41 Å². The van der Waals surface area contributed by atoms with Gasteiger partial charge in [-0.3, -0.25) is 5.41 Å². The zero-order chi connectivity index (χ0) is 21.1. The maximum atomic E-state index is 8.82. The third-order valence-electron chi connectivity index (χ3n) is 5.46. The number of nitrogens with zero attached hydrogens (tertiary/aromatic N) is 2. The molecule has 0 saturated carbocycles. The van der Waals surface area contributed by atoms with E-state index in [0.717, 1.165) is 16.8 Å². The second-order valence-corrected chi connectivity index (χ2v) is 8.66. The van der Waals surface area contributed by atoms with Crippen molar-refractivity contribution in [3.05, 3.63) is 95.6 Å². The summed E-state index contributed by atoms with van der Waals surface area (Å²) in [6.07, 6.45) is 0. The largest absolute Gasteiger partial charge is 0.492 e. The van der Waals surface area contributed by atoms with Crippen molar-refractivity contribution in [2.24, 2.45) is 0 Å². The van der Waals surface area contributed by atoms with Crippen LogP contribution in [-0.2, 0) is 18.5 Å². The van der Waals surface area contributed by atoms with Crippen molar-refractivity contribution in [2.75, 3.05) is 6.61 Å². The number of hydrogen-bond donors (Lipinski definition) is 1. The van der Waals surface area contributed by atoms with Gasteiger partial charge in [0, 0.05) is 0 Å². The van der Waals surface area contributed by atoms with Crippen LogP contribution in [0.1, 0.15) is 31.9 Å². The number of imidazole rings is 1. The summed E-state index contributed by atoms with van der Waals surface area (Å²) in [7, 11) is 0. The van der Waals surface area contributed by atoms with E-state index in [-0.39, 0.29) is 5.41 Å². The molecule has 0 spiro atoms. The van der Waals surface area contributed by atoms with Crippen LogP contribution in [0.5, 0.6) is 5.75 Å². The molecule has 4 nitrogen and oxygen atoms in total. The van der Waals surface area contributed by atoms with Crippen LogP contribution in [0, 0.1) is 5.41 Å². The average Bonchev–Trinajstić information content (AvgIpc) is 3.00. The average molecular weight is 400 g/mol. The van der Waals surface area contributed by atoms with Gasteiger partial charge in [0.05, 0.1) is 24.1 Å². The van der Waals surface area contributed by atoms with E-state index in [1.807, 2.05) is 47.0 Å². The molecule has 3 aromatic carbocycles. The van der Waals surface area contributed by atoms with Gasteiger partial charge in [0.2, 0.25) is 5.62 Å². The van der Waals surface area contributed by atoms with Crippen molar-refractivity contribution in [1.82, 2.24) is 9.13 Å². The van der Waals surface area contributed by atoms with E-state index in [4.69, 9.17) is 10.1 Å². The van der Waals surface area contributed by atoms with E-state index >= 15 is 0 Å². The lowest BCUT2D eigenvalue weighted by atomic mass is 9.87. The fourth-order valence-electron chi connectivity index (χ4n) is 3.75. The Morgan fingerprint density at radius 2 is 1.37 bits per heavy atom. The Labute approximate surface area is 177 Å². The first-order valence-corrected chi connectivity index (χ1v) is 10.4. The number of benzene rings is 3. The lowest BCUT2D eigenvalue weighted by Crippen LogP contribution is -2.27. The number of hydrogen-bond acceptors (Lipinski definition) is 2. The quantitative estimate of drug-likeness (QED) is 0.467. The van der Waals surface area contributed by atoms with Crippen LogP contribution in [0.4, 0.5) is 0 Å². The highest BCUT2D eigenvalue weighted by Gasteiger charge is 2.14. The molecular formula is C26H29N3O. The minimum atomic E-state index is 0.140. The van der Waals surface area contributed by atoms with Crippen LogP contribution in [0.15, 0.2) is 78.9 Å². The van der Waals surface area contributed by atoms with E-state index < -0.39 is 0 Å². The molecule has 0 amide bonds. The van der Waals surface area contributed by atoms with Gasteiger partial charge in [-0.2, -0.15) is 0 Å². The van der Waals surface area contributed by atoms with E-state index in [1.54, 1.807) is 0 Å². The highest BCUT2D eigenvalue weighted by Crippen LogP contribution is 2.23. The molecule has 0 aliphatic heterocycles. The van der Waals surface area contributed by atoms with Crippen LogP contribution in [0.25, 0.3) is 11.0 Å². The van der Waals surface area contributed by atoms with Crippen molar-refractivity contribution < 1.29 is 4.74 Å². The van der Waals surface area contributed by atoms with Crippen molar-refractivity contribution in [3.8, 4) is 5.75 Å². The lowest BCUT2D eigenvalue weighted by molar-refractivity contribution is 0.296. The Balaban J connectivity index is 1.59. The van der Waals surface area contributed by atoms with Crippen molar-refractivity contribution in [3.63, 3.8) is 0 Å². The summed E-state index contributed by atoms with van der Waals surface area (Å²) in [5.74, 6) is 0.854. The number of rotatable bonds is 6. The van der Waals surface area contributed by atoms with Gasteiger partial charge in [-0.25, -0.2) is 0 Å². The Kier molecular flexibility index (Phi) is 5.49. The first-order valence-electron chi connectivity index (χ1n) is 10.4. The Morgan fingerprint density at radius 1 is 0.767 bits per heavy atom. The normalized spacial score (nSPS) is 11.7. The van der Waals surface area contributed by atoms with Crippen LogP contribution < -0.4 is 10.4 Å². The molecule has 0 bridgehead atoms. The van der Waals surface area contributed by atoms with Crippen LogP contribution in [0.2, 0.25) is 0 Å². The van der Waals surface area contributed by atoms with Gasteiger partial charge in [0.25, 0.3) is 0 Å². The zero-order valence-electron chi connectivity index (χ0n) is 17.9. The fraction of sp³-hybridized carbons (Fsp3) is 0.269. The molecule has 30 heavy (non-hydrogen) atoms. The Bertz CT molecular complexity index is 1180. The standard InChI is InChI=1S/C26H29N3O/c1-26(2,3)21-15-13-20(14-16-21)19-29-24-12-8-7-11-23(24)28(25(29)27)17-18-30-22-9-5-4-6-10-22/h4-16,27H,17-19H2,1-3H3. The van der Waals surface area contributed by atoms with Gasteiger partial charge in [-0.05, 0) is 40.8 Å². The molecule has 1 N–H and O–H groups in total. The lowest BCUT2D eigenvalue weighted by Gasteiger charge is -2.19. The molecule has 1 heterocycles. The summed E-state index contributed by atoms with van der Waals surface area (Å²) in [5, 5.41) is 8.82. The number of aromatic nitrogens is 2. The maximum absolute atomic E-state index is 8.82. The van der Waals surface area contributed by atoms with Gasteiger partial charge >= 0.3 is 0 Å². The smallest absolute Gasteiger partial charge is 0.203 e. The van der Waals surface area contributed by atoms with Crippen molar-refractivity contribution >= 4 is 11.0 Å². The molecule has 0 unspecified atom stereocenters. The molecule has 0 saturated heterocycles. The molecule has 0 atom stereocenters. The molecule has 154 valence electrons. The summed E-state index contributed by atoms with van der Waals surface area (Å²) < 4.78 is 9.98. The van der Waals surface area contributed by atoms with Crippen LogP contribution >= 0.6 is 0 Å². The highest BCUT2D eigenvalue weighted by molar-refractivity contribution is 5.76. The summed E-state index contributed by atoms with van der Waals surface area (Å²) in [5.41, 5.74) is 5.29. The summed E-state index contributed by atoms with van der Waals surface area (Å²) >= 11 is 0. The molecule has 4 heteroatoms. The first kappa shape index (κ1) is 20.0. The van der Waals surface area contributed by atoms with Gasteiger partial charge in [0.15, 0.2) is 0 Å². The maximum Gasteiger partial charge on any atom is 0.203 e. The number of ether oxygens (including phenoxy) is 1. The van der Waals surface area contributed by atoms with E-state index in [2.05, 4.69) is 61.7 Å². The third-order valence-corrected chi connectivity index (χ3v) is 5.46. The topological polar surface area (TPSA) is 42.9 Å². The SMILES string of the molecule is CC(C)(C)c1ccc(Cn2c(=N)n(CCOc3ccccc3)c3ccccc32)cc1. The predicted octanol–water partition coefficient (Wildman–Crippen LogP) is 5.35. The van der Waals surface area contributed by atoms with Crippen LogP contribution in [0.3, 0.4) is 0 Å². The number of fused-ring (bicyclic) bond motifs is 1. The summed E-state index contributed by atoms with van der Waals surface area (Å²) in [6, 6.07) is 26.8. The molecule has 4 aromatic rings. The molecule has 0 radical (unpaired) electrons. The van der Waals surface area contributed by atoms with E-state index in [0.29, 0.717) is 25.3 Å². The molecular weight excluding hydrogens is 370 g/mol. The fourth-order valence-corrected chi connectivity index (χ4v) is 3.75. The third kappa shape index (κ3) is 4.18. The number of para-hydroxylation sites is 3. The van der Waals surface area contributed by atoms with Crippen molar-refractivity contribution in [2.45, 2.75) is 39.3 Å². The Hall–Kier alpha value is -3.27. The minimum Gasteiger partial charge on any atom is -0.492 e. The molecule has 0 aliphatic carbocycles. The highest BCUT2D eigenvalue weighted by atomic mass is 16.5. The van der Waals surface area contributed by atoms with Gasteiger partial charge < -0.3 is 13.9 Å². The van der Waals surface area contributed by atoms with Gasteiger partial charge in [0.1, 0.15) is 12.4 Å². The molecule has 0 aliphatic rings. The summed E-state index contributed by atoms with van der Waals surface area (Å²) in [6.45, 7) is 8.51. The van der Waals surface area contributed by atoms with E-state index in [9.17, 15) is 0 Å². The van der Waals surface area contributed by atoms with Gasteiger partial charge in [-0.15, -0.1) is 0 Å². The molecule has 0 fully saturated rings. The van der Waals surface area contributed by atoms with Crippen LogP contribution in [-0.4, -0.2) is 15.7 Å². The first-order chi connectivity index (χ1) is 14.4. The summed E-state index contributed by atoms with van der Waals surface area (Å²) in [4.78, 5) is 0. The molecule has 1 aromatic heterocycles. The van der Waals surface area contributed by atoms with E-state index in [1.165, 1.54) is 11.1 Å². The van der Waals surface area contributed by atoms with Gasteiger partial charge in [-0.1, -0.05) is 75.4 Å². The minimum absolute atomic E-state index is 0.140. The predicted molar refractivity (Wildman–Crippen MR) is 122 cm³/mol.